The summed E-state index contributed by atoms with van der Waals surface area (Å²) < 4.78 is 18.4. The Morgan fingerprint density at radius 1 is 0.909 bits per heavy atom. The van der Waals surface area contributed by atoms with Crippen molar-refractivity contribution in [2.24, 2.45) is 0 Å². The zero-order chi connectivity index (χ0) is 15.4. The molecule has 22 heavy (non-hydrogen) atoms. The number of rotatable bonds is 4. The molecule has 3 heteroatoms. The molecule has 0 saturated heterocycles. The maximum absolute atomic E-state index is 12.8. The van der Waals surface area contributed by atoms with E-state index in [4.69, 9.17) is 4.74 Å². The standard InChI is InChI=1S/C19H13FO2/c20-16-10-8-15(9-11-16)18(21)12-13-22-19-7-3-5-14-4-1-2-6-17(14)19/h1-13H/b13-12+. The second kappa shape index (κ2) is 6.22. The Bertz CT molecular complexity index is 830. The molecule has 0 aliphatic carbocycles. The molecule has 0 saturated carbocycles. The van der Waals surface area contributed by atoms with Gasteiger partial charge in [0.2, 0.25) is 0 Å². The molecule has 0 unspecified atom stereocenters. The van der Waals surface area contributed by atoms with Crippen LogP contribution in [0.5, 0.6) is 5.75 Å². The third-order valence-electron chi connectivity index (χ3n) is 3.29. The van der Waals surface area contributed by atoms with E-state index in [0.29, 0.717) is 11.3 Å². The Kier molecular flexibility index (Phi) is 3.97. The molecule has 2 nitrogen and oxygen atoms in total. The van der Waals surface area contributed by atoms with Gasteiger partial charge in [0.1, 0.15) is 11.6 Å². The molecule has 0 fully saturated rings. The van der Waals surface area contributed by atoms with E-state index in [1.54, 1.807) is 0 Å². The highest BCUT2D eigenvalue weighted by Gasteiger charge is 2.03. The summed E-state index contributed by atoms with van der Waals surface area (Å²) in [5.74, 6) is 0.0778. The van der Waals surface area contributed by atoms with Gasteiger partial charge in [-0.05, 0) is 35.7 Å². The molecule has 0 heterocycles. The minimum atomic E-state index is -0.368. The van der Waals surface area contributed by atoms with E-state index < -0.39 is 0 Å². The van der Waals surface area contributed by atoms with Crippen LogP contribution in [0.4, 0.5) is 4.39 Å². The van der Waals surface area contributed by atoms with Gasteiger partial charge in [0.25, 0.3) is 0 Å². The number of carbonyl (C=O) groups excluding carboxylic acids is 1. The van der Waals surface area contributed by atoms with Crippen molar-refractivity contribution < 1.29 is 13.9 Å². The minimum absolute atomic E-state index is 0.236. The van der Waals surface area contributed by atoms with E-state index in [1.165, 1.54) is 36.6 Å². The van der Waals surface area contributed by atoms with Gasteiger partial charge in [-0.25, -0.2) is 4.39 Å². The fraction of sp³-hybridized carbons (Fsp3) is 0. The van der Waals surface area contributed by atoms with E-state index in [9.17, 15) is 9.18 Å². The SMILES string of the molecule is O=C(/C=C/Oc1cccc2ccccc12)c1ccc(F)cc1. The van der Waals surface area contributed by atoms with Crippen LogP contribution in [0.25, 0.3) is 10.8 Å². The normalized spacial score (nSPS) is 11.0. The molecule has 0 spiro atoms. The lowest BCUT2D eigenvalue weighted by atomic mass is 10.1. The second-order valence-corrected chi connectivity index (χ2v) is 4.77. The van der Waals surface area contributed by atoms with Gasteiger partial charge in [0.05, 0.1) is 6.26 Å². The van der Waals surface area contributed by atoms with Crippen LogP contribution in [0, 0.1) is 5.82 Å². The maximum Gasteiger partial charge on any atom is 0.188 e. The van der Waals surface area contributed by atoms with E-state index >= 15 is 0 Å². The number of hydrogen-bond acceptors (Lipinski definition) is 2. The molecule has 3 rings (SSSR count). The molecule has 3 aromatic rings. The topological polar surface area (TPSA) is 26.3 Å². The zero-order valence-electron chi connectivity index (χ0n) is 11.7. The average molecular weight is 292 g/mol. The maximum atomic E-state index is 12.8. The van der Waals surface area contributed by atoms with Crippen molar-refractivity contribution in [3.8, 4) is 5.75 Å². The number of hydrogen-bond donors (Lipinski definition) is 0. The predicted molar refractivity (Wildman–Crippen MR) is 84.4 cm³/mol. The first-order chi connectivity index (χ1) is 10.7. The van der Waals surface area contributed by atoms with Gasteiger partial charge in [-0.2, -0.15) is 0 Å². The smallest absolute Gasteiger partial charge is 0.188 e. The molecule has 0 radical (unpaired) electrons. The van der Waals surface area contributed by atoms with Crippen LogP contribution < -0.4 is 4.74 Å². The summed E-state index contributed by atoms with van der Waals surface area (Å²) in [4.78, 5) is 11.9. The van der Waals surface area contributed by atoms with E-state index in [-0.39, 0.29) is 11.6 Å². The quantitative estimate of drug-likeness (QED) is 0.394. The zero-order valence-corrected chi connectivity index (χ0v) is 11.7. The highest BCUT2D eigenvalue weighted by Crippen LogP contribution is 2.25. The fourth-order valence-electron chi connectivity index (χ4n) is 2.18. The van der Waals surface area contributed by atoms with Crippen LogP contribution in [0.2, 0.25) is 0 Å². The second-order valence-electron chi connectivity index (χ2n) is 4.77. The van der Waals surface area contributed by atoms with Crippen LogP contribution in [-0.4, -0.2) is 5.78 Å². The average Bonchev–Trinajstić information content (AvgIpc) is 2.55. The van der Waals surface area contributed by atoms with Crippen LogP contribution >= 0.6 is 0 Å². The fourth-order valence-corrected chi connectivity index (χ4v) is 2.18. The highest BCUT2D eigenvalue weighted by atomic mass is 19.1. The monoisotopic (exact) mass is 292 g/mol. The minimum Gasteiger partial charge on any atom is -0.464 e. The summed E-state index contributed by atoms with van der Waals surface area (Å²) >= 11 is 0. The van der Waals surface area contributed by atoms with Crippen molar-refractivity contribution in [3.63, 3.8) is 0 Å². The lowest BCUT2D eigenvalue weighted by molar-refractivity contribution is 0.104. The van der Waals surface area contributed by atoms with Crippen LogP contribution in [0.1, 0.15) is 10.4 Å². The Hall–Kier alpha value is -2.94. The Balaban J connectivity index is 1.76. The Morgan fingerprint density at radius 3 is 2.45 bits per heavy atom. The third kappa shape index (κ3) is 3.04. The Morgan fingerprint density at radius 2 is 1.64 bits per heavy atom. The first-order valence-electron chi connectivity index (χ1n) is 6.85. The first-order valence-corrected chi connectivity index (χ1v) is 6.85. The molecule has 0 aliphatic rings. The summed E-state index contributed by atoms with van der Waals surface area (Å²) in [6.07, 6.45) is 2.68. The summed E-state index contributed by atoms with van der Waals surface area (Å²) in [5, 5.41) is 2.04. The third-order valence-corrected chi connectivity index (χ3v) is 3.29. The lowest BCUT2D eigenvalue weighted by Gasteiger charge is -2.04. The summed E-state index contributed by atoms with van der Waals surface area (Å²) in [6, 6.07) is 19.0. The van der Waals surface area contributed by atoms with Crippen molar-refractivity contribution in [1.82, 2.24) is 0 Å². The number of ether oxygens (including phenoxy) is 1. The molecular weight excluding hydrogens is 279 g/mol. The summed E-state index contributed by atoms with van der Waals surface area (Å²) in [5.41, 5.74) is 0.416. The number of carbonyl (C=O) groups is 1. The largest absolute Gasteiger partial charge is 0.464 e. The van der Waals surface area contributed by atoms with E-state index in [0.717, 1.165) is 10.8 Å². The van der Waals surface area contributed by atoms with Crippen molar-refractivity contribution >= 4 is 16.6 Å². The van der Waals surface area contributed by atoms with E-state index in [1.807, 2.05) is 42.5 Å². The molecule has 0 N–H and O–H groups in total. The van der Waals surface area contributed by atoms with Crippen LogP contribution in [-0.2, 0) is 0 Å². The van der Waals surface area contributed by atoms with Gasteiger partial charge in [-0.1, -0.05) is 36.4 Å². The van der Waals surface area contributed by atoms with Crippen molar-refractivity contribution in [2.75, 3.05) is 0 Å². The van der Waals surface area contributed by atoms with Crippen LogP contribution in [0.3, 0.4) is 0 Å². The molecule has 0 aromatic heterocycles. The van der Waals surface area contributed by atoms with Gasteiger partial charge >= 0.3 is 0 Å². The summed E-state index contributed by atoms with van der Waals surface area (Å²) in [7, 11) is 0. The van der Waals surface area contributed by atoms with Gasteiger partial charge in [-0.3, -0.25) is 4.79 Å². The van der Waals surface area contributed by atoms with Gasteiger partial charge < -0.3 is 4.74 Å². The Labute approximate surface area is 127 Å². The highest BCUT2D eigenvalue weighted by molar-refractivity contribution is 6.04. The number of fused-ring (bicyclic) bond motifs is 1. The molecule has 0 bridgehead atoms. The van der Waals surface area contributed by atoms with Crippen molar-refractivity contribution in [2.45, 2.75) is 0 Å². The number of ketones is 1. The van der Waals surface area contributed by atoms with Crippen LogP contribution in [0.15, 0.2) is 79.1 Å². The molecule has 108 valence electrons. The van der Waals surface area contributed by atoms with Gasteiger partial charge in [0, 0.05) is 17.0 Å². The number of halogens is 1. The summed E-state index contributed by atoms with van der Waals surface area (Å²) in [6.45, 7) is 0. The molecule has 3 aromatic carbocycles. The number of allylic oxidation sites excluding steroid dienone is 1. The van der Waals surface area contributed by atoms with Crippen molar-refractivity contribution in [3.05, 3.63) is 90.4 Å². The molecule has 0 aliphatic heterocycles. The predicted octanol–water partition coefficient (Wildman–Crippen LogP) is 4.75. The molecule has 0 amide bonds. The van der Waals surface area contributed by atoms with Gasteiger partial charge in [-0.15, -0.1) is 0 Å². The lowest BCUT2D eigenvalue weighted by Crippen LogP contribution is -1.95. The van der Waals surface area contributed by atoms with E-state index in [2.05, 4.69) is 0 Å². The van der Waals surface area contributed by atoms with Crippen molar-refractivity contribution in [1.29, 1.82) is 0 Å². The number of benzene rings is 3. The van der Waals surface area contributed by atoms with Gasteiger partial charge in [0.15, 0.2) is 5.78 Å². The first kappa shape index (κ1) is 14.0. The molecule has 0 atom stereocenters. The molecular formula is C19H13FO2.